The first-order chi connectivity index (χ1) is 23.2. The Morgan fingerprint density at radius 3 is 2.46 bits per heavy atom. The van der Waals surface area contributed by atoms with Crippen LogP contribution in [0.4, 0.5) is 4.79 Å². The normalized spacial score (nSPS) is 15.2. The molecule has 1 aliphatic rings. The summed E-state index contributed by atoms with van der Waals surface area (Å²) in [5.41, 5.74) is 3.25. The van der Waals surface area contributed by atoms with Crippen molar-refractivity contribution in [3.8, 4) is 0 Å². The summed E-state index contributed by atoms with van der Waals surface area (Å²) < 4.78 is 27.1. The molecule has 2 aromatic carbocycles. The molecule has 14 heteroatoms. The molecule has 0 fully saturated rings. The first kappa shape index (κ1) is 40.1. The molecule has 268 valence electrons. The van der Waals surface area contributed by atoms with Crippen LogP contribution in [0, 0.1) is 0 Å². The van der Waals surface area contributed by atoms with Crippen LogP contribution in [0.15, 0.2) is 41.3 Å². The summed E-state index contributed by atoms with van der Waals surface area (Å²) in [5, 5.41) is 9.73. The number of likely N-dealkylation sites (N-methyl/N-ethyl adjacent to an activating group) is 2. The molecule has 0 saturated heterocycles. The maximum atomic E-state index is 13.0. The molecule has 3 amide bonds. The summed E-state index contributed by atoms with van der Waals surface area (Å²) >= 11 is 12.9. The van der Waals surface area contributed by atoms with Gasteiger partial charge in [-0.1, -0.05) is 49.2 Å². The number of urea groups is 1. The SMILES string of the molecule is CCCN(CC)CCNC(=O)NCCCC(=O)NCCOCCOCCNS(=O)c1cccc(C2CN(C)Cc3c(Cl)cc(Cl)cc32)c1. The largest absolute Gasteiger partial charge is 0.378 e. The predicted octanol–water partition coefficient (Wildman–Crippen LogP) is 4.14. The fourth-order valence-electron chi connectivity index (χ4n) is 5.53. The second-order valence-corrected chi connectivity index (χ2v) is 13.9. The molecule has 1 aliphatic heterocycles. The van der Waals surface area contributed by atoms with Crippen molar-refractivity contribution in [3.05, 3.63) is 63.1 Å². The van der Waals surface area contributed by atoms with Crippen molar-refractivity contribution in [1.29, 1.82) is 0 Å². The minimum Gasteiger partial charge on any atom is -0.378 e. The molecule has 0 saturated carbocycles. The molecular formula is C34H52Cl2N6O5S. The number of rotatable bonds is 22. The molecule has 1 heterocycles. The molecule has 11 nitrogen and oxygen atoms in total. The Bertz CT molecular complexity index is 1320. The number of carbonyl (C=O) groups excluding carboxylic acids is 2. The van der Waals surface area contributed by atoms with E-state index in [0.717, 1.165) is 55.8 Å². The molecule has 0 spiro atoms. The lowest BCUT2D eigenvalue weighted by Gasteiger charge is -2.33. The smallest absolute Gasteiger partial charge is 0.314 e. The highest BCUT2D eigenvalue weighted by atomic mass is 35.5. The van der Waals surface area contributed by atoms with Gasteiger partial charge in [0.15, 0.2) is 0 Å². The van der Waals surface area contributed by atoms with Crippen LogP contribution < -0.4 is 20.7 Å². The molecule has 0 bridgehead atoms. The number of hydrogen-bond donors (Lipinski definition) is 4. The van der Waals surface area contributed by atoms with Gasteiger partial charge < -0.3 is 35.2 Å². The van der Waals surface area contributed by atoms with E-state index < -0.39 is 11.0 Å². The Kier molecular flexibility index (Phi) is 18.8. The Morgan fingerprint density at radius 2 is 1.71 bits per heavy atom. The lowest BCUT2D eigenvalue weighted by molar-refractivity contribution is -0.121. The van der Waals surface area contributed by atoms with Gasteiger partial charge in [-0.25, -0.2) is 13.7 Å². The molecule has 0 aliphatic carbocycles. The maximum Gasteiger partial charge on any atom is 0.314 e. The van der Waals surface area contributed by atoms with Crippen LogP contribution in [0.5, 0.6) is 0 Å². The minimum atomic E-state index is -1.39. The van der Waals surface area contributed by atoms with Crippen LogP contribution in [0.2, 0.25) is 10.0 Å². The number of amides is 3. The number of fused-ring (bicyclic) bond motifs is 1. The fraction of sp³-hybridized carbons (Fsp3) is 0.588. The molecule has 2 atom stereocenters. The van der Waals surface area contributed by atoms with Crippen LogP contribution >= 0.6 is 23.2 Å². The van der Waals surface area contributed by atoms with Gasteiger partial charge in [-0.05, 0) is 73.9 Å². The Hall–Kier alpha value is -2.29. The van der Waals surface area contributed by atoms with Crippen LogP contribution in [-0.2, 0) is 31.8 Å². The second kappa shape index (κ2) is 22.4. The molecule has 3 rings (SSSR count). The summed E-state index contributed by atoms with van der Waals surface area (Å²) in [5.74, 6) is -0.00694. The third kappa shape index (κ3) is 14.3. The van der Waals surface area contributed by atoms with Gasteiger partial charge in [0.05, 0.1) is 31.3 Å². The zero-order valence-electron chi connectivity index (χ0n) is 28.5. The summed E-state index contributed by atoms with van der Waals surface area (Å²) in [6, 6.07) is 11.4. The molecule has 2 unspecified atom stereocenters. The molecule has 0 aromatic heterocycles. The highest BCUT2D eigenvalue weighted by Crippen LogP contribution is 2.38. The number of carbonyl (C=O) groups is 2. The zero-order valence-corrected chi connectivity index (χ0v) is 30.8. The van der Waals surface area contributed by atoms with Gasteiger partial charge >= 0.3 is 6.03 Å². The summed E-state index contributed by atoms with van der Waals surface area (Å²) in [6.07, 6.45) is 1.98. The van der Waals surface area contributed by atoms with E-state index >= 15 is 0 Å². The average Bonchev–Trinajstić information content (AvgIpc) is 3.07. The van der Waals surface area contributed by atoms with E-state index in [1.807, 2.05) is 24.3 Å². The zero-order chi connectivity index (χ0) is 34.7. The number of ether oxygens (including phenoxy) is 2. The van der Waals surface area contributed by atoms with Gasteiger partial charge in [-0.2, -0.15) is 0 Å². The lowest BCUT2D eigenvalue weighted by atomic mass is 9.85. The van der Waals surface area contributed by atoms with E-state index in [2.05, 4.69) is 57.4 Å². The van der Waals surface area contributed by atoms with Gasteiger partial charge in [0.1, 0.15) is 11.0 Å². The van der Waals surface area contributed by atoms with E-state index in [1.54, 1.807) is 6.07 Å². The van der Waals surface area contributed by atoms with Gasteiger partial charge in [-0.15, -0.1) is 0 Å². The van der Waals surface area contributed by atoms with Gasteiger partial charge in [0.25, 0.3) is 0 Å². The van der Waals surface area contributed by atoms with E-state index in [9.17, 15) is 13.8 Å². The number of nitrogens with one attached hydrogen (secondary N) is 4. The fourth-order valence-corrected chi connectivity index (χ4v) is 6.97. The van der Waals surface area contributed by atoms with Crippen LogP contribution in [0.3, 0.4) is 0 Å². The quantitative estimate of drug-likeness (QED) is 0.135. The minimum absolute atomic E-state index is 0.0722. The van der Waals surface area contributed by atoms with Crippen molar-refractivity contribution in [3.63, 3.8) is 0 Å². The highest BCUT2D eigenvalue weighted by Gasteiger charge is 2.27. The van der Waals surface area contributed by atoms with E-state index in [0.29, 0.717) is 80.4 Å². The monoisotopic (exact) mass is 726 g/mol. The first-order valence-corrected chi connectivity index (χ1v) is 18.7. The van der Waals surface area contributed by atoms with Crippen molar-refractivity contribution in [2.75, 3.05) is 85.8 Å². The van der Waals surface area contributed by atoms with Gasteiger partial charge in [0, 0.05) is 68.2 Å². The summed E-state index contributed by atoms with van der Waals surface area (Å²) in [7, 11) is 0.673. The van der Waals surface area contributed by atoms with Crippen molar-refractivity contribution < 1.29 is 23.3 Å². The molecular weight excluding hydrogens is 675 g/mol. The topological polar surface area (TPSA) is 124 Å². The van der Waals surface area contributed by atoms with Gasteiger partial charge in [0.2, 0.25) is 5.91 Å². The second-order valence-electron chi connectivity index (χ2n) is 11.7. The summed E-state index contributed by atoms with van der Waals surface area (Å²) in [6.45, 7) is 12.0. The van der Waals surface area contributed by atoms with Crippen LogP contribution in [0.25, 0.3) is 0 Å². The number of nitrogens with zero attached hydrogens (tertiary/aromatic N) is 2. The first-order valence-electron chi connectivity index (χ1n) is 16.8. The third-order valence-electron chi connectivity index (χ3n) is 7.95. The molecule has 0 radical (unpaired) electrons. The Morgan fingerprint density at radius 1 is 0.958 bits per heavy atom. The average molecular weight is 728 g/mol. The van der Waals surface area contributed by atoms with Crippen molar-refractivity contribution >= 4 is 46.1 Å². The predicted molar refractivity (Wildman–Crippen MR) is 193 cm³/mol. The highest BCUT2D eigenvalue weighted by molar-refractivity contribution is 7.83. The van der Waals surface area contributed by atoms with E-state index in [1.165, 1.54) is 0 Å². The number of hydrogen-bond acceptors (Lipinski definition) is 7. The standard InChI is InChI=1S/C34H52Cl2N6O5S/c1-4-15-42(5-2)16-12-39-34(44)38-11-7-10-33(43)37-13-17-46-19-20-47-18-14-40-48(45)28-9-6-8-26(21-28)30-24-41(3)25-31-29(30)22-27(35)23-32(31)36/h6,8-9,21-23,30,40H,4-5,7,10-20,24-25H2,1-3H3,(H,37,43)(H2,38,39,44). The Balaban J connectivity index is 1.21. The third-order valence-corrected chi connectivity index (χ3v) is 9.66. The van der Waals surface area contributed by atoms with Crippen molar-refractivity contribution in [2.45, 2.75) is 50.5 Å². The van der Waals surface area contributed by atoms with Gasteiger partial charge in [-0.3, -0.25) is 4.79 Å². The van der Waals surface area contributed by atoms with Crippen molar-refractivity contribution in [2.24, 2.45) is 0 Å². The van der Waals surface area contributed by atoms with E-state index in [-0.39, 0.29) is 17.9 Å². The number of halogens is 2. The molecule has 2 aromatic rings. The molecule has 4 N–H and O–H groups in total. The number of benzene rings is 2. The molecule has 48 heavy (non-hydrogen) atoms. The maximum absolute atomic E-state index is 13.0. The van der Waals surface area contributed by atoms with E-state index in [4.69, 9.17) is 32.7 Å². The van der Waals surface area contributed by atoms with Crippen LogP contribution in [-0.4, -0.2) is 112 Å². The Labute approximate surface area is 298 Å². The lowest BCUT2D eigenvalue weighted by Crippen LogP contribution is -2.41. The van der Waals surface area contributed by atoms with Crippen molar-refractivity contribution in [1.82, 2.24) is 30.5 Å². The summed E-state index contributed by atoms with van der Waals surface area (Å²) in [4.78, 5) is 29.1. The van der Waals surface area contributed by atoms with Crippen LogP contribution in [0.1, 0.15) is 55.7 Å².